The zero-order valence-electron chi connectivity index (χ0n) is 16.2. The van der Waals surface area contributed by atoms with Gasteiger partial charge in [-0.15, -0.1) is 12.4 Å². The van der Waals surface area contributed by atoms with Crippen molar-refractivity contribution in [2.45, 2.75) is 39.0 Å². The molecule has 1 N–H and O–H groups in total. The number of ether oxygens (including phenoxy) is 1. The first kappa shape index (κ1) is 21.9. The number of hydrogen-bond acceptors (Lipinski definition) is 3. The van der Waals surface area contributed by atoms with Gasteiger partial charge in [-0.1, -0.05) is 43.7 Å². The number of rotatable bonds is 6. The first-order valence-electron chi connectivity index (χ1n) is 8.83. The van der Waals surface area contributed by atoms with Crippen molar-refractivity contribution in [3.8, 4) is 0 Å². The number of aryl methyl sites for hydroxylation is 1. The van der Waals surface area contributed by atoms with Crippen molar-refractivity contribution >= 4 is 18.3 Å². The second-order valence-corrected chi connectivity index (χ2v) is 7.87. The molecule has 0 unspecified atom stereocenters. The van der Waals surface area contributed by atoms with Crippen molar-refractivity contribution in [1.82, 2.24) is 10.2 Å². The van der Waals surface area contributed by atoms with E-state index in [0.717, 1.165) is 25.9 Å². The Morgan fingerprint density at radius 1 is 1.24 bits per heavy atom. The van der Waals surface area contributed by atoms with Gasteiger partial charge in [0, 0.05) is 26.1 Å². The van der Waals surface area contributed by atoms with Crippen molar-refractivity contribution in [3.05, 3.63) is 35.4 Å². The number of nitrogens with zero attached hydrogens (tertiary/aromatic N) is 1. The average molecular weight is 369 g/mol. The van der Waals surface area contributed by atoms with Gasteiger partial charge in [0.2, 0.25) is 5.91 Å². The molecule has 1 aliphatic heterocycles. The van der Waals surface area contributed by atoms with Crippen LogP contribution in [0.5, 0.6) is 0 Å². The van der Waals surface area contributed by atoms with Gasteiger partial charge in [0.25, 0.3) is 0 Å². The van der Waals surface area contributed by atoms with Crippen LogP contribution in [0.25, 0.3) is 0 Å². The average Bonchev–Trinajstić information content (AvgIpc) is 2.55. The van der Waals surface area contributed by atoms with Gasteiger partial charge < -0.3 is 15.0 Å². The monoisotopic (exact) mass is 368 g/mol. The van der Waals surface area contributed by atoms with Crippen LogP contribution < -0.4 is 5.32 Å². The summed E-state index contributed by atoms with van der Waals surface area (Å²) in [4.78, 5) is 15.1. The minimum absolute atomic E-state index is 0. The number of piperidine rings is 1. The highest BCUT2D eigenvalue weighted by atomic mass is 35.5. The van der Waals surface area contributed by atoms with E-state index in [9.17, 15) is 4.79 Å². The van der Waals surface area contributed by atoms with Crippen molar-refractivity contribution in [2.75, 3.05) is 40.4 Å². The van der Waals surface area contributed by atoms with Crippen molar-refractivity contribution in [2.24, 2.45) is 5.41 Å². The van der Waals surface area contributed by atoms with E-state index in [-0.39, 0.29) is 29.1 Å². The van der Waals surface area contributed by atoms with Crippen LogP contribution in [0.1, 0.15) is 37.8 Å². The molecular formula is C20H33ClN2O2. The highest BCUT2D eigenvalue weighted by Crippen LogP contribution is 2.33. The zero-order chi connectivity index (χ0) is 17.8. The Hall–Kier alpha value is -1.10. The molecule has 1 aromatic rings. The number of nitrogens with one attached hydrogen (secondary N) is 1. The smallest absolute Gasteiger partial charge is 0.230 e. The number of carbonyl (C=O) groups excluding carboxylic acids is 1. The Morgan fingerprint density at radius 2 is 1.80 bits per heavy atom. The Labute approximate surface area is 158 Å². The number of methoxy groups -OCH3 is 1. The van der Waals surface area contributed by atoms with E-state index < -0.39 is 0 Å². The normalized spacial score (nSPS) is 16.8. The summed E-state index contributed by atoms with van der Waals surface area (Å²) < 4.78 is 5.41. The van der Waals surface area contributed by atoms with Crippen LogP contribution in [-0.4, -0.2) is 51.2 Å². The molecule has 0 aliphatic carbocycles. The zero-order valence-corrected chi connectivity index (χ0v) is 17.0. The molecule has 0 saturated carbocycles. The van der Waals surface area contributed by atoms with E-state index in [0.29, 0.717) is 13.2 Å². The molecule has 1 aromatic carbocycles. The lowest BCUT2D eigenvalue weighted by Gasteiger charge is -2.40. The lowest BCUT2D eigenvalue weighted by Crippen LogP contribution is -2.52. The second kappa shape index (κ2) is 9.02. The SMILES string of the molecule is COCC1(C(=O)N(C)CC(C)(C)c2ccc(C)cc2)CCNCC1.Cl. The summed E-state index contributed by atoms with van der Waals surface area (Å²) in [6.45, 7) is 9.46. The van der Waals surface area contributed by atoms with Gasteiger partial charge in [-0.2, -0.15) is 0 Å². The molecule has 142 valence electrons. The fraction of sp³-hybridized carbons (Fsp3) is 0.650. The fourth-order valence-corrected chi connectivity index (χ4v) is 3.77. The van der Waals surface area contributed by atoms with Crippen LogP contribution in [0, 0.1) is 12.3 Å². The molecule has 5 heteroatoms. The van der Waals surface area contributed by atoms with Gasteiger partial charge in [-0.05, 0) is 38.4 Å². The molecule has 0 atom stereocenters. The number of halogens is 1. The number of likely N-dealkylation sites (N-methyl/N-ethyl adjacent to an activating group) is 1. The maximum Gasteiger partial charge on any atom is 0.230 e. The van der Waals surface area contributed by atoms with Crippen LogP contribution in [0.3, 0.4) is 0 Å². The van der Waals surface area contributed by atoms with Crippen molar-refractivity contribution in [3.63, 3.8) is 0 Å². The Morgan fingerprint density at radius 3 is 2.32 bits per heavy atom. The number of amides is 1. The number of benzene rings is 1. The summed E-state index contributed by atoms with van der Waals surface area (Å²) in [6, 6.07) is 8.61. The minimum Gasteiger partial charge on any atom is -0.384 e. The van der Waals surface area contributed by atoms with Crippen molar-refractivity contribution < 1.29 is 9.53 Å². The largest absolute Gasteiger partial charge is 0.384 e. The van der Waals surface area contributed by atoms with Gasteiger partial charge in [-0.3, -0.25) is 4.79 Å². The lowest BCUT2D eigenvalue weighted by atomic mass is 9.77. The quantitative estimate of drug-likeness (QED) is 0.838. The molecule has 0 aromatic heterocycles. The van der Waals surface area contributed by atoms with Gasteiger partial charge in [0.05, 0.1) is 12.0 Å². The molecule has 1 heterocycles. The van der Waals surface area contributed by atoms with E-state index in [4.69, 9.17) is 4.74 Å². The minimum atomic E-state index is -0.377. The molecule has 0 spiro atoms. The first-order chi connectivity index (χ1) is 11.3. The van der Waals surface area contributed by atoms with Gasteiger partial charge >= 0.3 is 0 Å². The van der Waals surface area contributed by atoms with Gasteiger partial charge in [0.15, 0.2) is 0 Å². The summed E-state index contributed by atoms with van der Waals surface area (Å²) >= 11 is 0. The molecule has 1 aliphatic rings. The third kappa shape index (κ3) is 5.19. The van der Waals surface area contributed by atoms with Crippen LogP contribution >= 0.6 is 12.4 Å². The maximum atomic E-state index is 13.2. The second-order valence-electron chi connectivity index (χ2n) is 7.87. The lowest BCUT2D eigenvalue weighted by molar-refractivity contribution is -0.146. The molecule has 2 rings (SSSR count). The van der Waals surface area contributed by atoms with Gasteiger partial charge in [-0.25, -0.2) is 0 Å². The highest BCUT2D eigenvalue weighted by Gasteiger charge is 2.42. The standard InChI is InChI=1S/C20H32N2O2.ClH/c1-16-6-8-17(9-7-16)19(2,3)14-22(4)18(23)20(15-24-5)10-12-21-13-11-20;/h6-9,21H,10-15H2,1-5H3;1H. The van der Waals surface area contributed by atoms with Crippen molar-refractivity contribution in [1.29, 1.82) is 0 Å². The van der Waals surface area contributed by atoms with Crippen LogP contribution in [-0.2, 0) is 14.9 Å². The molecule has 25 heavy (non-hydrogen) atoms. The number of hydrogen-bond donors (Lipinski definition) is 1. The molecular weight excluding hydrogens is 336 g/mol. The molecule has 1 amide bonds. The predicted octanol–water partition coefficient (Wildman–Crippen LogP) is 3.17. The first-order valence-corrected chi connectivity index (χ1v) is 8.83. The van der Waals surface area contributed by atoms with E-state index >= 15 is 0 Å². The van der Waals surface area contributed by atoms with Crippen LogP contribution in [0.4, 0.5) is 0 Å². The van der Waals surface area contributed by atoms with E-state index in [1.165, 1.54) is 11.1 Å². The van der Waals surface area contributed by atoms with Crippen LogP contribution in [0.15, 0.2) is 24.3 Å². The third-order valence-corrected chi connectivity index (χ3v) is 5.25. The molecule has 1 fully saturated rings. The molecule has 4 nitrogen and oxygen atoms in total. The Balaban J connectivity index is 0.00000312. The summed E-state index contributed by atoms with van der Waals surface area (Å²) in [7, 11) is 3.62. The van der Waals surface area contributed by atoms with Crippen LogP contribution in [0.2, 0.25) is 0 Å². The fourth-order valence-electron chi connectivity index (χ4n) is 3.77. The maximum absolute atomic E-state index is 13.2. The van der Waals surface area contributed by atoms with E-state index in [1.807, 2.05) is 11.9 Å². The highest BCUT2D eigenvalue weighted by molar-refractivity contribution is 5.85. The number of carbonyl (C=O) groups is 1. The third-order valence-electron chi connectivity index (χ3n) is 5.25. The molecule has 0 radical (unpaired) electrons. The predicted molar refractivity (Wildman–Crippen MR) is 106 cm³/mol. The Bertz CT molecular complexity index is 546. The van der Waals surface area contributed by atoms with E-state index in [1.54, 1.807) is 7.11 Å². The summed E-state index contributed by atoms with van der Waals surface area (Å²) in [5, 5.41) is 3.34. The summed E-state index contributed by atoms with van der Waals surface area (Å²) in [5.41, 5.74) is 2.06. The molecule has 0 bridgehead atoms. The topological polar surface area (TPSA) is 41.6 Å². The summed E-state index contributed by atoms with van der Waals surface area (Å²) in [5.74, 6) is 0.214. The van der Waals surface area contributed by atoms with Gasteiger partial charge in [0.1, 0.15) is 0 Å². The molecule has 1 saturated heterocycles. The Kier molecular flexibility index (Phi) is 7.91. The summed E-state index contributed by atoms with van der Waals surface area (Å²) in [6.07, 6.45) is 1.68. The van der Waals surface area contributed by atoms with E-state index in [2.05, 4.69) is 50.4 Å².